The molecule has 1 amide bonds. The normalized spacial score (nSPS) is 15.7. The molecule has 1 fully saturated rings. The molecule has 3 rings (SSSR count). The van der Waals surface area contributed by atoms with Crippen molar-refractivity contribution in [2.24, 2.45) is 11.8 Å². The van der Waals surface area contributed by atoms with Gasteiger partial charge in [0.15, 0.2) is 0 Å². The van der Waals surface area contributed by atoms with Crippen LogP contribution in [0.3, 0.4) is 0 Å². The zero-order chi connectivity index (χ0) is 14.7. The van der Waals surface area contributed by atoms with E-state index in [0.29, 0.717) is 17.4 Å². The van der Waals surface area contributed by atoms with Gasteiger partial charge in [-0.2, -0.15) is 0 Å². The van der Waals surface area contributed by atoms with Crippen LogP contribution in [-0.2, 0) is 11.3 Å². The molecule has 0 spiro atoms. The van der Waals surface area contributed by atoms with E-state index in [9.17, 15) is 4.79 Å². The van der Waals surface area contributed by atoms with Gasteiger partial charge in [0, 0.05) is 16.9 Å². The molecular weight excluding hydrogens is 284 g/mol. The number of rotatable bonds is 5. The molecule has 0 saturated heterocycles. The van der Waals surface area contributed by atoms with Crippen molar-refractivity contribution in [2.75, 3.05) is 6.61 Å². The fraction of sp³-hybridized carbons (Fsp3) is 0.438. The third-order valence-electron chi connectivity index (χ3n) is 4.11. The van der Waals surface area contributed by atoms with Crippen LogP contribution in [0.4, 0.5) is 0 Å². The van der Waals surface area contributed by atoms with Gasteiger partial charge in [-0.15, -0.1) is 11.3 Å². The maximum absolute atomic E-state index is 11.9. The van der Waals surface area contributed by atoms with E-state index in [4.69, 9.17) is 10.6 Å². The third kappa shape index (κ3) is 3.10. The summed E-state index contributed by atoms with van der Waals surface area (Å²) in [5, 5.41) is 1.09. The topological polar surface area (TPSA) is 64.3 Å². The zero-order valence-electron chi connectivity index (χ0n) is 11.9. The van der Waals surface area contributed by atoms with Crippen molar-refractivity contribution in [1.29, 1.82) is 0 Å². The summed E-state index contributed by atoms with van der Waals surface area (Å²) in [5.74, 6) is 5.73. The highest BCUT2D eigenvalue weighted by atomic mass is 32.1. The average molecular weight is 304 g/mol. The number of carbonyl (C=O) groups excluding carboxylic acids is 1. The molecule has 3 N–H and O–H groups in total. The molecule has 1 aromatic carbocycles. The van der Waals surface area contributed by atoms with E-state index >= 15 is 0 Å². The second kappa shape index (κ2) is 6.56. The molecule has 0 radical (unpaired) electrons. The molecule has 4 nitrogen and oxygen atoms in total. The third-order valence-corrected chi connectivity index (χ3v) is 5.32. The molecule has 1 aromatic heterocycles. The van der Waals surface area contributed by atoms with Crippen molar-refractivity contribution < 1.29 is 9.53 Å². The molecule has 0 aliphatic heterocycles. The van der Waals surface area contributed by atoms with Crippen molar-refractivity contribution in [2.45, 2.75) is 32.3 Å². The van der Waals surface area contributed by atoms with Gasteiger partial charge in [-0.25, -0.2) is 5.84 Å². The Bertz CT molecular complexity index is 632. The highest BCUT2D eigenvalue weighted by Gasteiger charge is 2.19. The predicted octanol–water partition coefficient (Wildman–Crippen LogP) is 3.21. The van der Waals surface area contributed by atoms with Gasteiger partial charge in [0.05, 0.1) is 11.5 Å². The first-order valence-corrected chi connectivity index (χ1v) is 8.20. The molecule has 1 heterocycles. The van der Waals surface area contributed by atoms with E-state index in [1.54, 1.807) is 0 Å². The van der Waals surface area contributed by atoms with E-state index in [2.05, 4.69) is 5.43 Å². The van der Waals surface area contributed by atoms with Gasteiger partial charge >= 0.3 is 0 Å². The molecule has 21 heavy (non-hydrogen) atoms. The molecule has 112 valence electrons. The second-order valence-corrected chi connectivity index (χ2v) is 6.60. The van der Waals surface area contributed by atoms with E-state index in [1.165, 1.54) is 37.0 Å². The number of nitrogens with two attached hydrogens (primary N) is 1. The largest absolute Gasteiger partial charge is 0.376 e. The van der Waals surface area contributed by atoms with Crippen LogP contribution < -0.4 is 11.3 Å². The molecule has 0 bridgehead atoms. The molecule has 1 aliphatic carbocycles. The molecule has 2 aromatic rings. The number of hydrogen-bond acceptors (Lipinski definition) is 4. The van der Waals surface area contributed by atoms with Gasteiger partial charge in [-0.3, -0.25) is 10.2 Å². The zero-order valence-corrected chi connectivity index (χ0v) is 12.7. The number of fused-ring (bicyclic) bond motifs is 1. The maximum Gasteiger partial charge on any atom is 0.275 e. The molecule has 0 unspecified atom stereocenters. The molecular formula is C16H20N2O2S. The minimum Gasteiger partial charge on any atom is -0.376 e. The van der Waals surface area contributed by atoms with Gasteiger partial charge in [0.25, 0.3) is 5.91 Å². The number of nitrogen functional groups attached to an aromatic ring is 1. The smallest absolute Gasteiger partial charge is 0.275 e. The lowest BCUT2D eigenvalue weighted by Crippen LogP contribution is -2.30. The number of ether oxygens (including phenoxy) is 1. The molecule has 0 atom stereocenters. The Morgan fingerprint density at radius 2 is 2.10 bits per heavy atom. The van der Waals surface area contributed by atoms with Crippen LogP contribution in [0.2, 0.25) is 0 Å². The van der Waals surface area contributed by atoms with Crippen LogP contribution in [0.15, 0.2) is 24.3 Å². The first-order chi connectivity index (χ1) is 10.3. The Labute approximate surface area is 128 Å². The number of thiophene rings is 1. The summed E-state index contributed by atoms with van der Waals surface area (Å²) in [4.78, 5) is 12.6. The van der Waals surface area contributed by atoms with Gasteiger partial charge in [0.2, 0.25) is 0 Å². The van der Waals surface area contributed by atoms with Crippen molar-refractivity contribution >= 4 is 27.3 Å². The van der Waals surface area contributed by atoms with E-state index in [-0.39, 0.29) is 5.91 Å². The van der Waals surface area contributed by atoms with E-state index in [1.807, 2.05) is 24.3 Å². The summed E-state index contributed by atoms with van der Waals surface area (Å²) < 4.78 is 6.98. The Morgan fingerprint density at radius 3 is 2.86 bits per heavy atom. The van der Waals surface area contributed by atoms with Crippen LogP contribution in [-0.4, -0.2) is 12.5 Å². The first-order valence-electron chi connectivity index (χ1n) is 7.38. The fourth-order valence-corrected chi connectivity index (χ4v) is 4.11. The summed E-state index contributed by atoms with van der Waals surface area (Å²) in [6.45, 7) is 1.26. The standard InChI is InChI=1S/C16H20N2O2S/c17-18-16(19)15-13(10-20-9-11-5-1-2-6-11)12-7-3-4-8-14(12)21-15/h3-4,7-8,11H,1-2,5-6,9-10,17H2,(H,18,19). The van der Waals surface area contributed by atoms with Crippen molar-refractivity contribution in [3.05, 3.63) is 34.7 Å². The van der Waals surface area contributed by atoms with Crippen molar-refractivity contribution in [3.8, 4) is 0 Å². The highest BCUT2D eigenvalue weighted by molar-refractivity contribution is 7.21. The average Bonchev–Trinajstić information content (AvgIpc) is 3.14. The Morgan fingerprint density at radius 1 is 1.33 bits per heavy atom. The Kier molecular flexibility index (Phi) is 4.53. The summed E-state index contributed by atoms with van der Waals surface area (Å²) in [6.07, 6.45) is 5.16. The van der Waals surface area contributed by atoms with Crippen LogP contribution >= 0.6 is 11.3 Å². The van der Waals surface area contributed by atoms with Gasteiger partial charge in [0.1, 0.15) is 0 Å². The van der Waals surface area contributed by atoms with Gasteiger partial charge in [-0.05, 0) is 30.2 Å². The monoisotopic (exact) mass is 304 g/mol. The number of hydrogen-bond donors (Lipinski definition) is 2. The van der Waals surface area contributed by atoms with Crippen LogP contribution in [0, 0.1) is 5.92 Å². The Balaban J connectivity index is 1.79. The minimum absolute atomic E-state index is 0.240. The number of nitrogens with one attached hydrogen (secondary N) is 1. The summed E-state index contributed by atoms with van der Waals surface area (Å²) in [6, 6.07) is 8.02. The first kappa shape index (κ1) is 14.5. The summed E-state index contributed by atoms with van der Waals surface area (Å²) in [5.41, 5.74) is 3.19. The van der Waals surface area contributed by atoms with E-state index < -0.39 is 0 Å². The van der Waals surface area contributed by atoms with Crippen molar-refractivity contribution in [3.63, 3.8) is 0 Å². The SMILES string of the molecule is NNC(=O)c1sc2ccccc2c1COCC1CCCC1. The number of hydrazine groups is 1. The van der Waals surface area contributed by atoms with Gasteiger partial charge < -0.3 is 4.74 Å². The van der Waals surface area contributed by atoms with Crippen molar-refractivity contribution in [1.82, 2.24) is 5.43 Å². The quantitative estimate of drug-likeness (QED) is 0.506. The van der Waals surface area contributed by atoms with E-state index in [0.717, 1.165) is 22.3 Å². The maximum atomic E-state index is 11.9. The molecule has 1 aliphatic rings. The number of carbonyl (C=O) groups is 1. The number of benzene rings is 1. The summed E-state index contributed by atoms with van der Waals surface area (Å²) in [7, 11) is 0. The van der Waals surface area contributed by atoms with Crippen LogP contribution in [0.1, 0.15) is 40.9 Å². The summed E-state index contributed by atoms with van der Waals surface area (Å²) >= 11 is 1.47. The minimum atomic E-state index is -0.240. The Hall–Kier alpha value is -1.43. The lowest BCUT2D eigenvalue weighted by atomic mass is 10.1. The van der Waals surface area contributed by atoms with Gasteiger partial charge in [-0.1, -0.05) is 31.0 Å². The highest BCUT2D eigenvalue weighted by Crippen LogP contribution is 2.32. The lowest BCUT2D eigenvalue weighted by Gasteiger charge is -2.10. The fourth-order valence-electron chi connectivity index (χ4n) is 3.00. The molecule has 5 heteroatoms. The number of amides is 1. The molecule has 1 saturated carbocycles. The predicted molar refractivity (Wildman–Crippen MR) is 85.1 cm³/mol. The lowest BCUT2D eigenvalue weighted by molar-refractivity contribution is 0.0866. The second-order valence-electron chi connectivity index (χ2n) is 5.54. The van der Waals surface area contributed by atoms with Crippen LogP contribution in [0.25, 0.3) is 10.1 Å². The van der Waals surface area contributed by atoms with Crippen LogP contribution in [0.5, 0.6) is 0 Å².